The Balaban J connectivity index is 2.05. The van der Waals surface area contributed by atoms with Crippen LogP contribution < -0.4 is 0 Å². The molecule has 0 nitrogen and oxygen atoms in total. The van der Waals surface area contributed by atoms with Gasteiger partial charge in [0.1, 0.15) is 0 Å². The van der Waals surface area contributed by atoms with Gasteiger partial charge in [-0.1, -0.05) is 33.1 Å². The van der Waals surface area contributed by atoms with Crippen LogP contribution in [-0.2, 0) is 0 Å². The molecule has 1 unspecified atom stereocenters. The van der Waals surface area contributed by atoms with Gasteiger partial charge in [-0.25, -0.2) is 0 Å². The minimum absolute atomic E-state index is 0.937. The zero-order valence-corrected chi connectivity index (χ0v) is 8.55. The fraction of sp³-hybridized carbons (Fsp3) is 1.00. The Bertz CT molecular complexity index is 140. The van der Waals surface area contributed by atoms with Gasteiger partial charge < -0.3 is 0 Å². The van der Waals surface area contributed by atoms with Crippen molar-refractivity contribution in [2.75, 3.05) is 0 Å². The van der Waals surface area contributed by atoms with Gasteiger partial charge in [0.15, 0.2) is 0 Å². The zero-order chi connectivity index (χ0) is 8.55. The van der Waals surface area contributed by atoms with Gasteiger partial charge in [-0.2, -0.15) is 0 Å². The van der Waals surface area contributed by atoms with E-state index in [4.69, 9.17) is 0 Å². The fourth-order valence-corrected chi connectivity index (χ4v) is 3.45. The summed E-state index contributed by atoms with van der Waals surface area (Å²) in [5.41, 5.74) is 0. The molecule has 3 aliphatic carbocycles. The topological polar surface area (TPSA) is 0 Å². The summed E-state index contributed by atoms with van der Waals surface area (Å²) in [5, 5.41) is 0. The van der Waals surface area contributed by atoms with E-state index in [9.17, 15) is 0 Å². The molecule has 3 rings (SSSR count). The summed E-state index contributed by atoms with van der Waals surface area (Å²) in [4.78, 5) is 0. The largest absolute Gasteiger partial charge is 0.0625 e. The van der Waals surface area contributed by atoms with Crippen LogP contribution in [0.5, 0.6) is 0 Å². The molecular formula is C12H22. The van der Waals surface area contributed by atoms with Gasteiger partial charge in [0.05, 0.1) is 0 Å². The van der Waals surface area contributed by atoms with E-state index in [2.05, 4.69) is 13.8 Å². The summed E-state index contributed by atoms with van der Waals surface area (Å²) < 4.78 is 0. The molecule has 70 valence electrons. The maximum absolute atomic E-state index is 2.42. The lowest BCUT2D eigenvalue weighted by atomic mass is 9.76. The third kappa shape index (κ3) is 1.53. The standard InChI is InChI=1S/C12H22/c1-9(2)12-8-5-10-3-6-11(12)7-4-10/h9-12H,3-8H2,1-2H3. The monoisotopic (exact) mass is 166 g/mol. The van der Waals surface area contributed by atoms with Gasteiger partial charge in [-0.3, -0.25) is 0 Å². The van der Waals surface area contributed by atoms with Crippen LogP contribution in [0.15, 0.2) is 0 Å². The Labute approximate surface area is 76.7 Å². The third-order valence-electron chi connectivity index (χ3n) is 4.26. The van der Waals surface area contributed by atoms with Crippen LogP contribution >= 0.6 is 0 Å². The molecule has 2 bridgehead atoms. The first kappa shape index (κ1) is 8.59. The van der Waals surface area contributed by atoms with E-state index in [1.54, 1.807) is 32.1 Å². The van der Waals surface area contributed by atoms with Crippen molar-refractivity contribution in [3.05, 3.63) is 0 Å². The van der Waals surface area contributed by atoms with Crippen LogP contribution in [0.3, 0.4) is 0 Å². The summed E-state index contributed by atoms with van der Waals surface area (Å²) in [5.74, 6) is 4.22. The molecule has 0 heterocycles. The molecule has 0 aromatic carbocycles. The summed E-state index contributed by atoms with van der Waals surface area (Å²) >= 11 is 0. The molecule has 0 aliphatic heterocycles. The molecule has 0 amide bonds. The van der Waals surface area contributed by atoms with Crippen LogP contribution in [0.2, 0.25) is 0 Å². The Morgan fingerprint density at radius 1 is 0.833 bits per heavy atom. The van der Waals surface area contributed by atoms with E-state index in [0.29, 0.717) is 0 Å². The van der Waals surface area contributed by atoms with E-state index >= 15 is 0 Å². The number of hydrogen-bond acceptors (Lipinski definition) is 0. The van der Waals surface area contributed by atoms with Crippen molar-refractivity contribution in [3.63, 3.8) is 0 Å². The first-order valence-corrected chi connectivity index (χ1v) is 5.77. The average molecular weight is 166 g/mol. The van der Waals surface area contributed by atoms with Crippen molar-refractivity contribution >= 4 is 0 Å². The maximum Gasteiger partial charge on any atom is -0.0363 e. The first-order valence-electron chi connectivity index (χ1n) is 5.77. The Hall–Kier alpha value is 0. The summed E-state index contributed by atoms with van der Waals surface area (Å²) in [6, 6.07) is 0. The molecule has 0 aromatic rings. The number of rotatable bonds is 1. The average Bonchev–Trinajstić information content (AvgIpc) is 2.36. The van der Waals surface area contributed by atoms with Crippen molar-refractivity contribution in [2.24, 2.45) is 23.7 Å². The second kappa shape index (κ2) is 3.40. The molecule has 0 aromatic heterocycles. The molecular weight excluding hydrogens is 144 g/mol. The molecule has 0 radical (unpaired) electrons. The van der Waals surface area contributed by atoms with Crippen LogP contribution in [0.25, 0.3) is 0 Å². The lowest BCUT2D eigenvalue weighted by Crippen LogP contribution is -2.20. The molecule has 12 heavy (non-hydrogen) atoms. The molecule has 1 atom stereocenters. The molecule has 3 aliphatic rings. The second-order valence-corrected chi connectivity index (χ2v) is 5.27. The third-order valence-corrected chi connectivity index (χ3v) is 4.26. The number of fused-ring (bicyclic) bond motifs is 4. The van der Waals surface area contributed by atoms with E-state index in [1.165, 1.54) is 6.42 Å². The van der Waals surface area contributed by atoms with E-state index in [0.717, 1.165) is 23.7 Å². The highest BCUT2D eigenvalue weighted by Crippen LogP contribution is 2.44. The SMILES string of the molecule is CC(C)C1CCC2CCC1CC2. The van der Waals surface area contributed by atoms with Crippen LogP contribution in [0, 0.1) is 23.7 Å². The van der Waals surface area contributed by atoms with Crippen LogP contribution in [0.4, 0.5) is 0 Å². The fourth-order valence-electron chi connectivity index (χ4n) is 3.45. The van der Waals surface area contributed by atoms with Gasteiger partial charge in [-0.05, 0) is 42.9 Å². The Morgan fingerprint density at radius 3 is 2.00 bits per heavy atom. The van der Waals surface area contributed by atoms with Gasteiger partial charge in [0.2, 0.25) is 0 Å². The molecule has 0 N–H and O–H groups in total. The smallest absolute Gasteiger partial charge is 0.0363 e. The normalized spacial score (nSPS) is 41.8. The quantitative estimate of drug-likeness (QED) is 0.555. The summed E-state index contributed by atoms with van der Waals surface area (Å²) in [6.07, 6.45) is 9.27. The highest BCUT2D eigenvalue weighted by atomic mass is 14.4. The molecule has 3 fully saturated rings. The van der Waals surface area contributed by atoms with Gasteiger partial charge >= 0.3 is 0 Å². The minimum Gasteiger partial charge on any atom is -0.0625 e. The van der Waals surface area contributed by atoms with Crippen molar-refractivity contribution in [1.29, 1.82) is 0 Å². The maximum atomic E-state index is 2.42. The zero-order valence-electron chi connectivity index (χ0n) is 8.55. The predicted molar refractivity (Wildman–Crippen MR) is 53.0 cm³/mol. The highest BCUT2D eigenvalue weighted by Gasteiger charge is 2.33. The van der Waals surface area contributed by atoms with Gasteiger partial charge in [0, 0.05) is 0 Å². The highest BCUT2D eigenvalue weighted by molar-refractivity contribution is 4.84. The molecule has 0 spiro atoms. The van der Waals surface area contributed by atoms with Crippen molar-refractivity contribution < 1.29 is 0 Å². The predicted octanol–water partition coefficient (Wildman–Crippen LogP) is 3.86. The van der Waals surface area contributed by atoms with Crippen molar-refractivity contribution in [1.82, 2.24) is 0 Å². The number of hydrogen-bond donors (Lipinski definition) is 0. The van der Waals surface area contributed by atoms with Gasteiger partial charge in [0.25, 0.3) is 0 Å². The lowest BCUT2D eigenvalue weighted by Gasteiger charge is -2.29. The van der Waals surface area contributed by atoms with Crippen LogP contribution in [-0.4, -0.2) is 0 Å². The minimum atomic E-state index is 0.937. The summed E-state index contributed by atoms with van der Waals surface area (Å²) in [7, 11) is 0. The van der Waals surface area contributed by atoms with E-state index in [-0.39, 0.29) is 0 Å². The van der Waals surface area contributed by atoms with Crippen LogP contribution in [0.1, 0.15) is 52.4 Å². The Kier molecular flexibility index (Phi) is 2.43. The van der Waals surface area contributed by atoms with E-state index in [1.807, 2.05) is 0 Å². The molecule has 0 heteroatoms. The lowest BCUT2D eigenvalue weighted by molar-refractivity contribution is 0.211. The van der Waals surface area contributed by atoms with Gasteiger partial charge in [-0.15, -0.1) is 0 Å². The first-order chi connectivity index (χ1) is 5.77. The van der Waals surface area contributed by atoms with E-state index < -0.39 is 0 Å². The van der Waals surface area contributed by atoms with Crippen molar-refractivity contribution in [3.8, 4) is 0 Å². The Morgan fingerprint density at radius 2 is 1.42 bits per heavy atom. The summed E-state index contributed by atoms with van der Waals surface area (Å²) in [6.45, 7) is 4.84. The van der Waals surface area contributed by atoms with Crippen molar-refractivity contribution in [2.45, 2.75) is 52.4 Å². The molecule has 0 saturated heterocycles. The second-order valence-electron chi connectivity index (χ2n) is 5.27. The molecule has 3 saturated carbocycles.